The number of amides is 3. The highest BCUT2D eigenvalue weighted by molar-refractivity contribution is 5.94. The number of urea groups is 1. The van der Waals surface area contributed by atoms with Gasteiger partial charge in [-0.2, -0.15) is 0 Å². The zero-order valence-corrected chi connectivity index (χ0v) is 11.4. The van der Waals surface area contributed by atoms with Crippen LogP contribution in [0.15, 0.2) is 24.3 Å². The Labute approximate surface area is 117 Å². The lowest BCUT2D eigenvalue weighted by atomic mass is 10.2. The van der Waals surface area contributed by atoms with Gasteiger partial charge in [0.1, 0.15) is 5.82 Å². The summed E-state index contributed by atoms with van der Waals surface area (Å²) in [6, 6.07) is 5.56. The van der Waals surface area contributed by atoms with Gasteiger partial charge in [0.15, 0.2) is 0 Å². The van der Waals surface area contributed by atoms with Crippen LogP contribution in [0.4, 0.5) is 9.18 Å². The summed E-state index contributed by atoms with van der Waals surface area (Å²) < 4.78 is 13.1. The molecule has 1 aliphatic heterocycles. The largest absolute Gasteiger partial charge is 0.338 e. The number of nitrogens with one attached hydrogen (secondary N) is 1. The van der Waals surface area contributed by atoms with E-state index in [4.69, 9.17) is 0 Å². The predicted molar refractivity (Wildman–Crippen MR) is 72.9 cm³/mol. The summed E-state index contributed by atoms with van der Waals surface area (Å²) in [5.74, 6) is -0.614. The van der Waals surface area contributed by atoms with E-state index in [2.05, 4.69) is 5.32 Å². The van der Waals surface area contributed by atoms with E-state index < -0.39 is 5.82 Å². The Morgan fingerprint density at radius 2 is 1.85 bits per heavy atom. The van der Waals surface area contributed by atoms with Gasteiger partial charge in [0.25, 0.3) is 5.91 Å². The van der Waals surface area contributed by atoms with Gasteiger partial charge in [-0.3, -0.25) is 4.79 Å². The van der Waals surface area contributed by atoms with E-state index in [9.17, 15) is 14.0 Å². The average Bonchev–Trinajstić information content (AvgIpc) is 2.47. The number of hydrogen-bond acceptors (Lipinski definition) is 2. The van der Waals surface area contributed by atoms with Crippen molar-refractivity contribution in [3.63, 3.8) is 0 Å². The molecule has 0 radical (unpaired) electrons. The lowest BCUT2D eigenvalue weighted by Gasteiger charge is -2.34. The maximum absolute atomic E-state index is 13.1. The van der Waals surface area contributed by atoms with E-state index in [1.54, 1.807) is 15.9 Å². The fourth-order valence-electron chi connectivity index (χ4n) is 2.18. The van der Waals surface area contributed by atoms with E-state index in [0.717, 1.165) is 0 Å². The number of rotatable bonds is 2. The Balaban J connectivity index is 1.93. The van der Waals surface area contributed by atoms with Crippen molar-refractivity contribution >= 4 is 11.9 Å². The summed E-state index contributed by atoms with van der Waals surface area (Å²) in [6.07, 6.45) is 0. The number of hydrogen-bond donors (Lipinski definition) is 1. The Morgan fingerprint density at radius 3 is 2.45 bits per heavy atom. The van der Waals surface area contributed by atoms with Crippen LogP contribution in [0.5, 0.6) is 0 Å². The summed E-state index contributed by atoms with van der Waals surface area (Å²) >= 11 is 0. The SMILES string of the molecule is CCNC(=O)N1CCN(C(=O)c2cccc(F)c2)CC1. The van der Waals surface area contributed by atoms with Crippen LogP contribution in [0, 0.1) is 5.82 Å². The lowest BCUT2D eigenvalue weighted by molar-refractivity contribution is 0.0665. The maximum Gasteiger partial charge on any atom is 0.317 e. The first kappa shape index (κ1) is 14.3. The summed E-state index contributed by atoms with van der Waals surface area (Å²) in [6.45, 7) is 4.36. The van der Waals surface area contributed by atoms with Crippen molar-refractivity contribution in [2.24, 2.45) is 0 Å². The molecule has 1 aliphatic rings. The summed E-state index contributed by atoms with van der Waals surface area (Å²) in [4.78, 5) is 27.2. The smallest absolute Gasteiger partial charge is 0.317 e. The molecule has 0 aromatic heterocycles. The van der Waals surface area contributed by atoms with E-state index in [0.29, 0.717) is 38.3 Å². The molecule has 0 bridgehead atoms. The minimum atomic E-state index is -0.420. The first-order valence-electron chi connectivity index (χ1n) is 6.69. The molecule has 1 aromatic carbocycles. The maximum atomic E-state index is 13.1. The van der Waals surface area contributed by atoms with Crippen molar-refractivity contribution in [3.05, 3.63) is 35.6 Å². The third-order valence-corrected chi connectivity index (χ3v) is 3.25. The standard InChI is InChI=1S/C14H18FN3O2/c1-2-16-14(20)18-8-6-17(7-9-18)13(19)11-4-3-5-12(15)10-11/h3-5,10H,2,6-9H2,1H3,(H,16,20). The second kappa shape index (κ2) is 6.36. The van der Waals surface area contributed by atoms with Crippen LogP contribution in [0.1, 0.15) is 17.3 Å². The van der Waals surface area contributed by atoms with Gasteiger partial charge in [-0.05, 0) is 25.1 Å². The van der Waals surface area contributed by atoms with Crippen LogP contribution in [0.2, 0.25) is 0 Å². The van der Waals surface area contributed by atoms with E-state index in [-0.39, 0.29) is 11.9 Å². The molecule has 0 unspecified atom stereocenters. The van der Waals surface area contributed by atoms with Gasteiger partial charge < -0.3 is 15.1 Å². The molecule has 1 fully saturated rings. The first-order chi connectivity index (χ1) is 9.61. The highest BCUT2D eigenvalue weighted by atomic mass is 19.1. The van der Waals surface area contributed by atoms with Crippen molar-refractivity contribution < 1.29 is 14.0 Å². The van der Waals surface area contributed by atoms with Gasteiger partial charge in [0.05, 0.1) is 0 Å². The molecule has 5 nitrogen and oxygen atoms in total. The Bertz CT molecular complexity index is 499. The minimum absolute atomic E-state index is 0.106. The number of piperazine rings is 1. The predicted octanol–water partition coefficient (Wildman–Crippen LogP) is 1.31. The zero-order valence-electron chi connectivity index (χ0n) is 11.4. The van der Waals surface area contributed by atoms with Crippen molar-refractivity contribution in [3.8, 4) is 0 Å². The van der Waals surface area contributed by atoms with Crippen LogP contribution < -0.4 is 5.32 Å². The molecule has 0 atom stereocenters. The van der Waals surface area contributed by atoms with Gasteiger partial charge in [0, 0.05) is 38.3 Å². The quantitative estimate of drug-likeness (QED) is 0.887. The highest BCUT2D eigenvalue weighted by Gasteiger charge is 2.24. The van der Waals surface area contributed by atoms with Crippen molar-refractivity contribution in [2.45, 2.75) is 6.92 Å². The highest BCUT2D eigenvalue weighted by Crippen LogP contribution is 2.10. The van der Waals surface area contributed by atoms with E-state index in [1.165, 1.54) is 18.2 Å². The van der Waals surface area contributed by atoms with Crippen LogP contribution in [-0.4, -0.2) is 54.5 Å². The summed E-state index contributed by atoms with van der Waals surface area (Å²) in [7, 11) is 0. The monoisotopic (exact) mass is 279 g/mol. The Kier molecular flexibility index (Phi) is 4.55. The number of nitrogens with zero attached hydrogens (tertiary/aromatic N) is 2. The minimum Gasteiger partial charge on any atom is -0.338 e. The van der Waals surface area contributed by atoms with Crippen LogP contribution in [0.3, 0.4) is 0 Å². The number of carbonyl (C=O) groups is 2. The van der Waals surface area contributed by atoms with Crippen LogP contribution in [0.25, 0.3) is 0 Å². The van der Waals surface area contributed by atoms with Gasteiger partial charge in [-0.1, -0.05) is 6.07 Å². The summed E-state index contributed by atoms with van der Waals surface area (Å²) in [5, 5.41) is 2.73. The third kappa shape index (κ3) is 3.26. The molecule has 0 spiro atoms. The van der Waals surface area contributed by atoms with E-state index >= 15 is 0 Å². The topological polar surface area (TPSA) is 52.7 Å². The molecule has 1 aromatic rings. The van der Waals surface area contributed by atoms with E-state index in [1.807, 2.05) is 6.92 Å². The first-order valence-corrected chi connectivity index (χ1v) is 6.69. The molecular formula is C14H18FN3O2. The Hall–Kier alpha value is -2.11. The molecule has 6 heteroatoms. The van der Waals surface area contributed by atoms with Crippen LogP contribution >= 0.6 is 0 Å². The van der Waals surface area contributed by atoms with Gasteiger partial charge in [-0.25, -0.2) is 9.18 Å². The van der Waals surface area contributed by atoms with Crippen LogP contribution in [-0.2, 0) is 0 Å². The molecule has 3 amide bonds. The second-order valence-corrected chi connectivity index (χ2v) is 4.63. The molecular weight excluding hydrogens is 261 g/mol. The zero-order chi connectivity index (χ0) is 14.5. The van der Waals surface area contributed by atoms with Gasteiger partial charge >= 0.3 is 6.03 Å². The number of benzene rings is 1. The number of carbonyl (C=O) groups excluding carboxylic acids is 2. The lowest BCUT2D eigenvalue weighted by Crippen LogP contribution is -2.53. The van der Waals surface area contributed by atoms with Crippen molar-refractivity contribution in [1.82, 2.24) is 15.1 Å². The van der Waals surface area contributed by atoms with Gasteiger partial charge in [-0.15, -0.1) is 0 Å². The fourth-order valence-corrected chi connectivity index (χ4v) is 2.18. The molecule has 0 saturated carbocycles. The molecule has 0 aliphatic carbocycles. The number of halogens is 1. The molecule has 2 rings (SSSR count). The van der Waals surface area contributed by atoms with Crippen molar-refractivity contribution in [1.29, 1.82) is 0 Å². The van der Waals surface area contributed by atoms with Crippen molar-refractivity contribution in [2.75, 3.05) is 32.7 Å². The molecule has 1 heterocycles. The molecule has 108 valence electrons. The molecule has 1 N–H and O–H groups in total. The fraction of sp³-hybridized carbons (Fsp3) is 0.429. The third-order valence-electron chi connectivity index (χ3n) is 3.25. The summed E-state index contributed by atoms with van der Waals surface area (Å²) in [5.41, 5.74) is 0.344. The average molecular weight is 279 g/mol. The van der Waals surface area contributed by atoms with Gasteiger partial charge in [0.2, 0.25) is 0 Å². The second-order valence-electron chi connectivity index (χ2n) is 4.63. The molecule has 1 saturated heterocycles. The molecule has 20 heavy (non-hydrogen) atoms. The normalized spacial score (nSPS) is 15.1. The Morgan fingerprint density at radius 1 is 1.20 bits per heavy atom.